The molecule has 1 rings (SSSR count). The van der Waals surface area contributed by atoms with Crippen LogP contribution in [-0.4, -0.2) is 13.2 Å². The first-order chi connectivity index (χ1) is 7.75. The molecule has 0 amide bonds. The average Bonchev–Trinajstić information content (AvgIpc) is 2.18. The molecule has 0 radical (unpaired) electrons. The summed E-state index contributed by atoms with van der Waals surface area (Å²) in [5.74, 6) is 0.975. The van der Waals surface area contributed by atoms with E-state index in [4.69, 9.17) is 10.5 Å². The van der Waals surface area contributed by atoms with Gasteiger partial charge in [-0.1, -0.05) is 26.8 Å². The molecule has 1 atom stereocenters. The first-order valence-electron chi connectivity index (χ1n) is 6.19. The fraction of sp³-hybridized carbons (Fsp3) is 0.600. The van der Waals surface area contributed by atoms with E-state index >= 15 is 0 Å². The first kappa shape index (κ1) is 17.3. The number of aryl methyl sites for hydroxylation is 1. The molecule has 18 heavy (non-hydrogen) atoms. The maximum Gasteiger partial charge on any atom is 0.122 e. The molecule has 1 unspecified atom stereocenters. The van der Waals surface area contributed by atoms with Gasteiger partial charge in [0.15, 0.2) is 0 Å². The van der Waals surface area contributed by atoms with Crippen LogP contribution in [0.15, 0.2) is 12.1 Å². The van der Waals surface area contributed by atoms with Gasteiger partial charge < -0.3 is 10.5 Å². The summed E-state index contributed by atoms with van der Waals surface area (Å²) < 4.78 is 5.48. The van der Waals surface area contributed by atoms with Gasteiger partial charge in [0.2, 0.25) is 0 Å². The van der Waals surface area contributed by atoms with Crippen LogP contribution in [0.4, 0.5) is 0 Å². The smallest absolute Gasteiger partial charge is 0.122 e. The zero-order valence-corrected chi connectivity index (χ0v) is 13.1. The van der Waals surface area contributed by atoms with E-state index in [-0.39, 0.29) is 23.9 Å². The van der Waals surface area contributed by atoms with E-state index in [2.05, 4.69) is 39.8 Å². The van der Waals surface area contributed by atoms with Crippen molar-refractivity contribution in [3.05, 3.63) is 28.8 Å². The zero-order chi connectivity index (χ0) is 13.2. The number of rotatable bonds is 3. The normalized spacial score (nSPS) is 12.8. The lowest BCUT2D eigenvalue weighted by Gasteiger charge is -2.24. The first-order valence-corrected chi connectivity index (χ1v) is 6.19. The van der Waals surface area contributed by atoms with Gasteiger partial charge in [-0.15, -0.1) is 12.4 Å². The lowest BCUT2D eigenvalue weighted by molar-refractivity contribution is 0.397. The molecule has 0 aliphatic carbocycles. The fourth-order valence-electron chi connectivity index (χ4n) is 2.05. The molecule has 1 aromatic rings. The van der Waals surface area contributed by atoms with Crippen molar-refractivity contribution in [3.8, 4) is 5.75 Å². The Balaban J connectivity index is 0.00000289. The summed E-state index contributed by atoms with van der Waals surface area (Å²) in [6.45, 7) is 10.8. The van der Waals surface area contributed by atoms with Crippen molar-refractivity contribution >= 4 is 12.4 Å². The number of benzene rings is 1. The highest BCUT2D eigenvalue weighted by Gasteiger charge is 2.20. The number of halogens is 1. The van der Waals surface area contributed by atoms with Gasteiger partial charge in [-0.25, -0.2) is 0 Å². The summed E-state index contributed by atoms with van der Waals surface area (Å²) in [7, 11) is 1.73. The molecule has 0 spiro atoms. The van der Waals surface area contributed by atoms with Crippen LogP contribution in [0.1, 0.15) is 44.4 Å². The van der Waals surface area contributed by atoms with Crippen LogP contribution in [0, 0.1) is 6.92 Å². The van der Waals surface area contributed by atoms with Crippen molar-refractivity contribution in [1.82, 2.24) is 0 Å². The second-order valence-corrected chi connectivity index (χ2v) is 5.91. The van der Waals surface area contributed by atoms with Crippen LogP contribution < -0.4 is 10.5 Å². The van der Waals surface area contributed by atoms with Gasteiger partial charge in [-0.2, -0.15) is 0 Å². The zero-order valence-electron chi connectivity index (χ0n) is 12.3. The van der Waals surface area contributed by atoms with Crippen LogP contribution in [0.25, 0.3) is 0 Å². The SMILES string of the molecule is COc1cc(C)c(CC(C)N)cc1C(C)(C)C.Cl. The minimum atomic E-state index is 0. The lowest BCUT2D eigenvalue weighted by atomic mass is 9.83. The second-order valence-electron chi connectivity index (χ2n) is 5.91. The van der Waals surface area contributed by atoms with Crippen LogP contribution in [0.3, 0.4) is 0 Å². The lowest BCUT2D eigenvalue weighted by Crippen LogP contribution is -2.20. The van der Waals surface area contributed by atoms with Gasteiger partial charge >= 0.3 is 0 Å². The molecular weight excluding hydrogens is 246 g/mol. The summed E-state index contributed by atoms with van der Waals surface area (Å²) in [6.07, 6.45) is 0.916. The third-order valence-corrected chi connectivity index (χ3v) is 3.01. The van der Waals surface area contributed by atoms with E-state index in [1.807, 2.05) is 6.92 Å². The Morgan fingerprint density at radius 2 is 1.83 bits per heavy atom. The molecular formula is C15H26ClNO. The number of ether oxygens (including phenoxy) is 1. The van der Waals surface area contributed by atoms with Crippen LogP contribution in [-0.2, 0) is 11.8 Å². The van der Waals surface area contributed by atoms with E-state index in [0.29, 0.717) is 0 Å². The quantitative estimate of drug-likeness (QED) is 0.911. The predicted molar refractivity (Wildman–Crippen MR) is 81.0 cm³/mol. The Hall–Kier alpha value is -0.730. The molecule has 0 fully saturated rings. The number of methoxy groups -OCH3 is 1. The number of hydrogen-bond donors (Lipinski definition) is 1. The molecule has 0 bridgehead atoms. The van der Waals surface area contributed by atoms with Crippen LogP contribution in [0.5, 0.6) is 5.75 Å². The van der Waals surface area contributed by atoms with E-state index in [0.717, 1.165) is 12.2 Å². The Morgan fingerprint density at radius 1 is 1.28 bits per heavy atom. The van der Waals surface area contributed by atoms with Gasteiger partial charge in [0.25, 0.3) is 0 Å². The van der Waals surface area contributed by atoms with Crippen molar-refractivity contribution in [3.63, 3.8) is 0 Å². The van der Waals surface area contributed by atoms with E-state index in [9.17, 15) is 0 Å². The molecule has 104 valence electrons. The molecule has 0 heterocycles. The standard InChI is InChI=1S/C15H25NO.ClH/c1-10-7-14(17-6)13(15(3,4)5)9-12(10)8-11(2)16;/h7,9,11H,8,16H2,1-6H3;1H. The van der Waals surface area contributed by atoms with E-state index < -0.39 is 0 Å². The Labute approximate surface area is 117 Å². The molecule has 0 saturated carbocycles. The maximum absolute atomic E-state index is 5.89. The molecule has 1 aromatic carbocycles. The van der Waals surface area contributed by atoms with Crippen molar-refractivity contribution < 1.29 is 4.74 Å². The van der Waals surface area contributed by atoms with Crippen molar-refractivity contribution in [2.24, 2.45) is 5.73 Å². The third kappa shape index (κ3) is 4.18. The molecule has 2 N–H and O–H groups in total. The highest BCUT2D eigenvalue weighted by Crippen LogP contribution is 2.33. The van der Waals surface area contributed by atoms with Gasteiger partial charge in [-0.3, -0.25) is 0 Å². The number of hydrogen-bond acceptors (Lipinski definition) is 2. The fourth-order valence-corrected chi connectivity index (χ4v) is 2.05. The topological polar surface area (TPSA) is 35.2 Å². The Kier molecular flexibility index (Phi) is 6.18. The molecule has 0 saturated heterocycles. The summed E-state index contributed by atoms with van der Waals surface area (Å²) in [5, 5.41) is 0. The van der Waals surface area contributed by atoms with Gasteiger partial charge in [0.1, 0.15) is 5.75 Å². The minimum Gasteiger partial charge on any atom is -0.496 e. The predicted octanol–water partition coefficient (Wildman–Crippen LogP) is 3.61. The number of nitrogens with two attached hydrogens (primary N) is 1. The second kappa shape index (κ2) is 6.44. The van der Waals surface area contributed by atoms with Crippen LogP contribution in [0.2, 0.25) is 0 Å². The third-order valence-electron chi connectivity index (χ3n) is 3.01. The van der Waals surface area contributed by atoms with Crippen molar-refractivity contribution in [1.29, 1.82) is 0 Å². The van der Waals surface area contributed by atoms with Crippen molar-refractivity contribution in [2.45, 2.75) is 52.5 Å². The highest BCUT2D eigenvalue weighted by molar-refractivity contribution is 5.85. The van der Waals surface area contributed by atoms with E-state index in [1.54, 1.807) is 7.11 Å². The average molecular weight is 272 g/mol. The summed E-state index contributed by atoms with van der Waals surface area (Å²) in [4.78, 5) is 0. The Bertz CT molecular complexity index is 394. The van der Waals surface area contributed by atoms with E-state index in [1.165, 1.54) is 16.7 Å². The Morgan fingerprint density at radius 3 is 2.22 bits per heavy atom. The van der Waals surface area contributed by atoms with Crippen LogP contribution >= 0.6 is 12.4 Å². The summed E-state index contributed by atoms with van der Waals surface area (Å²) in [6, 6.07) is 4.56. The molecule has 0 aromatic heterocycles. The summed E-state index contributed by atoms with van der Waals surface area (Å²) in [5.41, 5.74) is 9.81. The molecule has 0 aliphatic rings. The van der Waals surface area contributed by atoms with Gasteiger partial charge in [0, 0.05) is 6.04 Å². The van der Waals surface area contributed by atoms with Gasteiger partial charge in [-0.05, 0) is 48.4 Å². The monoisotopic (exact) mass is 271 g/mol. The largest absolute Gasteiger partial charge is 0.496 e. The highest BCUT2D eigenvalue weighted by atomic mass is 35.5. The van der Waals surface area contributed by atoms with Gasteiger partial charge in [0.05, 0.1) is 7.11 Å². The van der Waals surface area contributed by atoms with Crippen molar-refractivity contribution in [2.75, 3.05) is 7.11 Å². The molecule has 3 heteroatoms. The molecule has 0 aliphatic heterocycles. The maximum atomic E-state index is 5.89. The minimum absolute atomic E-state index is 0. The summed E-state index contributed by atoms with van der Waals surface area (Å²) >= 11 is 0. The molecule has 2 nitrogen and oxygen atoms in total.